The summed E-state index contributed by atoms with van der Waals surface area (Å²) in [5.41, 5.74) is -1.28. The molecule has 1 atom stereocenters. The van der Waals surface area contributed by atoms with Gasteiger partial charge in [0, 0.05) is 18.2 Å². The fourth-order valence-corrected chi connectivity index (χ4v) is 1.21. The molecule has 1 aliphatic rings. The Kier molecular flexibility index (Phi) is 10.8. The van der Waals surface area contributed by atoms with E-state index in [-0.39, 0.29) is 19.8 Å². The minimum Gasteiger partial charge on any atom is -0.462 e. The second kappa shape index (κ2) is 12.0. The Bertz CT molecular complexity index is 433. The van der Waals surface area contributed by atoms with E-state index in [0.717, 1.165) is 24.8 Å². The van der Waals surface area contributed by atoms with Gasteiger partial charge in [-0.2, -0.15) is 0 Å². The van der Waals surface area contributed by atoms with Crippen molar-refractivity contribution >= 4 is 17.9 Å². The van der Waals surface area contributed by atoms with Crippen LogP contribution in [0.3, 0.4) is 0 Å². The van der Waals surface area contributed by atoms with Crippen LogP contribution in [0.2, 0.25) is 0 Å². The van der Waals surface area contributed by atoms with Crippen molar-refractivity contribution in [3.8, 4) is 0 Å². The number of aliphatic hydroxyl groups is 1. The molecule has 0 radical (unpaired) electrons. The van der Waals surface area contributed by atoms with Crippen LogP contribution >= 0.6 is 0 Å². The molecular weight excluding hydrogens is 332 g/mol. The van der Waals surface area contributed by atoms with Gasteiger partial charge in [0.2, 0.25) is 0 Å². The minimum atomic E-state index is -1.28. The summed E-state index contributed by atoms with van der Waals surface area (Å²) in [4.78, 5) is 33.3. The number of carbonyl (C=O) groups excluding carboxylic acids is 3. The SMILES string of the molecule is C=CC(=O)OCC(CO)(COC(=O)C=C)COC(=O)C=C.CC1CO1. The lowest BCUT2D eigenvalue weighted by Crippen LogP contribution is -2.42. The van der Waals surface area contributed by atoms with Gasteiger partial charge in [-0.3, -0.25) is 0 Å². The predicted octanol–water partition coefficient (Wildman–Crippen LogP) is 0.558. The van der Waals surface area contributed by atoms with Crippen molar-refractivity contribution in [3.63, 3.8) is 0 Å². The highest BCUT2D eigenvalue weighted by Gasteiger charge is 2.35. The van der Waals surface area contributed by atoms with Crippen LogP contribution in [0, 0.1) is 5.41 Å². The molecule has 0 saturated carbocycles. The lowest BCUT2D eigenvalue weighted by molar-refractivity contribution is -0.159. The number of hydrogen-bond donors (Lipinski definition) is 1. The number of esters is 3. The van der Waals surface area contributed by atoms with Gasteiger partial charge in [0.15, 0.2) is 0 Å². The molecule has 140 valence electrons. The van der Waals surface area contributed by atoms with Gasteiger partial charge in [0.1, 0.15) is 19.8 Å². The molecule has 0 aromatic heterocycles. The van der Waals surface area contributed by atoms with Gasteiger partial charge in [-0.25, -0.2) is 14.4 Å². The van der Waals surface area contributed by atoms with Crippen LogP contribution in [0.5, 0.6) is 0 Å². The van der Waals surface area contributed by atoms with E-state index in [0.29, 0.717) is 6.10 Å². The zero-order valence-electron chi connectivity index (χ0n) is 14.3. The van der Waals surface area contributed by atoms with E-state index >= 15 is 0 Å². The molecule has 0 amide bonds. The highest BCUT2D eigenvalue weighted by molar-refractivity contribution is 5.82. The summed E-state index contributed by atoms with van der Waals surface area (Å²) < 4.78 is 19.2. The van der Waals surface area contributed by atoms with Crippen LogP contribution in [0.15, 0.2) is 38.0 Å². The van der Waals surface area contributed by atoms with E-state index in [1.807, 2.05) is 0 Å². The number of aliphatic hydroxyl groups excluding tert-OH is 1. The number of epoxide rings is 1. The molecule has 1 heterocycles. The third-order valence-corrected chi connectivity index (χ3v) is 2.90. The quantitative estimate of drug-likeness (QED) is 0.261. The molecule has 1 fully saturated rings. The summed E-state index contributed by atoms with van der Waals surface area (Å²) in [6.45, 7) is 11.2. The van der Waals surface area contributed by atoms with Crippen LogP contribution < -0.4 is 0 Å². The third kappa shape index (κ3) is 10.9. The van der Waals surface area contributed by atoms with Crippen LogP contribution in [0.4, 0.5) is 0 Å². The first-order chi connectivity index (χ1) is 11.8. The Hall–Kier alpha value is -2.45. The van der Waals surface area contributed by atoms with E-state index in [9.17, 15) is 19.5 Å². The van der Waals surface area contributed by atoms with Gasteiger partial charge in [0.05, 0.1) is 24.7 Å². The largest absolute Gasteiger partial charge is 0.462 e. The average Bonchev–Trinajstić information content (AvgIpc) is 3.42. The molecule has 1 rings (SSSR count). The fourth-order valence-electron chi connectivity index (χ4n) is 1.21. The second-order valence-electron chi connectivity index (χ2n) is 5.24. The van der Waals surface area contributed by atoms with Crippen molar-refractivity contribution in [2.75, 3.05) is 33.0 Å². The summed E-state index contributed by atoms with van der Waals surface area (Å²) >= 11 is 0. The predicted molar refractivity (Wildman–Crippen MR) is 88.4 cm³/mol. The zero-order valence-corrected chi connectivity index (χ0v) is 14.3. The molecule has 1 aliphatic heterocycles. The monoisotopic (exact) mass is 356 g/mol. The molecular formula is C17H24O8. The van der Waals surface area contributed by atoms with Crippen molar-refractivity contribution in [1.82, 2.24) is 0 Å². The van der Waals surface area contributed by atoms with Crippen LogP contribution in [-0.2, 0) is 33.3 Å². The Morgan fingerprint density at radius 2 is 1.28 bits per heavy atom. The summed E-state index contributed by atoms with van der Waals surface area (Å²) in [5.74, 6) is -2.17. The van der Waals surface area contributed by atoms with Gasteiger partial charge >= 0.3 is 17.9 Å². The van der Waals surface area contributed by atoms with E-state index in [1.54, 1.807) is 0 Å². The van der Waals surface area contributed by atoms with Crippen molar-refractivity contribution in [2.45, 2.75) is 13.0 Å². The molecule has 1 saturated heterocycles. The Balaban J connectivity index is 0.00000125. The number of hydrogen-bond acceptors (Lipinski definition) is 8. The van der Waals surface area contributed by atoms with Crippen molar-refractivity contribution in [1.29, 1.82) is 0 Å². The van der Waals surface area contributed by atoms with E-state index in [4.69, 9.17) is 18.9 Å². The highest BCUT2D eigenvalue weighted by Crippen LogP contribution is 2.19. The van der Waals surface area contributed by atoms with Crippen molar-refractivity contribution < 1.29 is 38.4 Å². The van der Waals surface area contributed by atoms with Gasteiger partial charge < -0.3 is 24.1 Å². The maximum atomic E-state index is 11.1. The van der Waals surface area contributed by atoms with Crippen LogP contribution in [0.1, 0.15) is 6.92 Å². The van der Waals surface area contributed by atoms with E-state index in [2.05, 4.69) is 26.7 Å². The van der Waals surface area contributed by atoms with Gasteiger partial charge in [0.25, 0.3) is 0 Å². The fraction of sp³-hybridized carbons (Fsp3) is 0.471. The van der Waals surface area contributed by atoms with E-state index < -0.39 is 29.9 Å². The first-order valence-corrected chi connectivity index (χ1v) is 7.42. The van der Waals surface area contributed by atoms with Crippen LogP contribution in [-0.4, -0.2) is 62.2 Å². The maximum Gasteiger partial charge on any atom is 0.330 e. The molecule has 0 bridgehead atoms. The third-order valence-electron chi connectivity index (χ3n) is 2.90. The van der Waals surface area contributed by atoms with Gasteiger partial charge in [-0.05, 0) is 6.92 Å². The van der Waals surface area contributed by atoms with Crippen molar-refractivity contribution in [3.05, 3.63) is 38.0 Å². The smallest absolute Gasteiger partial charge is 0.330 e. The standard InChI is InChI=1S/C14H18O7.C3H6O/c1-4-11(16)19-8-14(7-15,9-20-12(17)5-2)10-21-13(18)6-3;1-3-2-4-3/h4-6,15H,1-3,7-10H2;3H,2H2,1H3. The first-order valence-electron chi connectivity index (χ1n) is 7.42. The van der Waals surface area contributed by atoms with Crippen LogP contribution in [0.25, 0.3) is 0 Å². The summed E-state index contributed by atoms with van der Waals surface area (Å²) in [7, 11) is 0. The molecule has 0 aromatic carbocycles. The Morgan fingerprint density at radius 3 is 1.44 bits per heavy atom. The summed E-state index contributed by atoms with van der Waals surface area (Å²) in [6, 6.07) is 0. The number of carbonyl (C=O) groups is 3. The Labute approximate surface area is 146 Å². The lowest BCUT2D eigenvalue weighted by Gasteiger charge is -2.29. The molecule has 8 heteroatoms. The summed E-state index contributed by atoms with van der Waals surface area (Å²) in [5, 5.41) is 9.48. The lowest BCUT2D eigenvalue weighted by atomic mass is 9.92. The molecule has 1 unspecified atom stereocenters. The molecule has 0 aromatic rings. The normalized spacial score (nSPS) is 14.9. The molecule has 0 spiro atoms. The molecule has 0 aliphatic carbocycles. The number of ether oxygens (including phenoxy) is 4. The second-order valence-corrected chi connectivity index (χ2v) is 5.24. The van der Waals surface area contributed by atoms with Gasteiger partial charge in [-0.15, -0.1) is 0 Å². The first kappa shape index (κ1) is 22.6. The number of rotatable bonds is 10. The molecule has 25 heavy (non-hydrogen) atoms. The maximum absolute atomic E-state index is 11.1. The minimum absolute atomic E-state index is 0.330. The summed E-state index contributed by atoms with van der Waals surface area (Å²) in [6.07, 6.45) is 3.40. The topological polar surface area (TPSA) is 112 Å². The Morgan fingerprint density at radius 1 is 1.00 bits per heavy atom. The highest BCUT2D eigenvalue weighted by atomic mass is 16.6. The van der Waals surface area contributed by atoms with Crippen molar-refractivity contribution in [2.24, 2.45) is 5.41 Å². The molecule has 8 nitrogen and oxygen atoms in total. The van der Waals surface area contributed by atoms with Gasteiger partial charge in [-0.1, -0.05) is 19.7 Å². The molecule has 1 N–H and O–H groups in total. The van der Waals surface area contributed by atoms with E-state index in [1.165, 1.54) is 0 Å². The average molecular weight is 356 g/mol. The zero-order chi connectivity index (χ0) is 19.3.